The van der Waals surface area contributed by atoms with Crippen LogP contribution in [0.5, 0.6) is 5.75 Å². The fraction of sp³-hybridized carbons (Fsp3) is 0.200. The van der Waals surface area contributed by atoms with Crippen molar-refractivity contribution < 1.29 is 14.3 Å². The zero-order valence-corrected chi connectivity index (χ0v) is 11.7. The van der Waals surface area contributed by atoms with Gasteiger partial charge in [-0.25, -0.2) is 0 Å². The lowest BCUT2D eigenvalue weighted by Gasteiger charge is -2.07. The molecule has 15 heavy (non-hydrogen) atoms. The van der Waals surface area contributed by atoms with Crippen molar-refractivity contribution in [3.05, 3.63) is 26.8 Å². The summed E-state index contributed by atoms with van der Waals surface area (Å²) in [6, 6.07) is 3.23. The maximum Gasteiger partial charge on any atom is 0.174 e. The van der Waals surface area contributed by atoms with Crippen LogP contribution >= 0.6 is 38.5 Å². The Morgan fingerprint density at radius 1 is 1.60 bits per heavy atom. The molecular weight excluding hydrogens is 375 g/mol. The summed E-state index contributed by atoms with van der Waals surface area (Å²) in [7, 11) is 1.53. The number of ether oxygens (including phenoxy) is 1. The SMILES string of the molecule is COc1cc(C=O)c(C(=O)CBr)cc1I. The van der Waals surface area contributed by atoms with Crippen molar-refractivity contribution in [1.82, 2.24) is 0 Å². The van der Waals surface area contributed by atoms with Crippen molar-refractivity contribution in [1.29, 1.82) is 0 Å². The molecular formula is C10H8BrIO3. The molecule has 5 heteroatoms. The van der Waals surface area contributed by atoms with Crippen molar-refractivity contribution in [2.24, 2.45) is 0 Å². The number of halogens is 2. The van der Waals surface area contributed by atoms with E-state index in [0.29, 0.717) is 23.2 Å². The van der Waals surface area contributed by atoms with Gasteiger partial charge in [0, 0.05) is 11.1 Å². The molecule has 0 saturated heterocycles. The zero-order chi connectivity index (χ0) is 11.4. The van der Waals surface area contributed by atoms with Crippen molar-refractivity contribution >= 4 is 50.6 Å². The molecule has 0 saturated carbocycles. The highest BCUT2D eigenvalue weighted by Crippen LogP contribution is 2.25. The lowest BCUT2D eigenvalue weighted by Crippen LogP contribution is -2.06. The summed E-state index contributed by atoms with van der Waals surface area (Å²) in [4.78, 5) is 22.3. The second-order valence-corrected chi connectivity index (χ2v) is 4.47. The maximum absolute atomic E-state index is 11.5. The molecule has 1 aromatic carbocycles. The molecule has 0 N–H and O–H groups in total. The third-order valence-electron chi connectivity index (χ3n) is 1.87. The van der Waals surface area contributed by atoms with Crippen LogP contribution in [0.4, 0.5) is 0 Å². The van der Waals surface area contributed by atoms with Crippen LogP contribution < -0.4 is 4.74 Å². The van der Waals surface area contributed by atoms with Gasteiger partial charge >= 0.3 is 0 Å². The van der Waals surface area contributed by atoms with Crippen LogP contribution in [0.2, 0.25) is 0 Å². The number of carbonyl (C=O) groups is 2. The molecule has 80 valence electrons. The van der Waals surface area contributed by atoms with Crippen LogP contribution in [-0.4, -0.2) is 24.5 Å². The molecule has 1 rings (SSSR count). The Hall–Kier alpha value is -0.430. The monoisotopic (exact) mass is 382 g/mol. The Kier molecular flexibility index (Phi) is 4.72. The van der Waals surface area contributed by atoms with E-state index < -0.39 is 0 Å². The van der Waals surface area contributed by atoms with Crippen LogP contribution in [-0.2, 0) is 0 Å². The van der Waals surface area contributed by atoms with E-state index >= 15 is 0 Å². The minimum atomic E-state index is -0.113. The number of alkyl halides is 1. The summed E-state index contributed by atoms with van der Waals surface area (Å²) in [5.74, 6) is 0.487. The predicted octanol–water partition coefficient (Wildman–Crippen LogP) is 2.69. The first-order valence-corrected chi connectivity index (χ1v) is 6.26. The topological polar surface area (TPSA) is 43.4 Å². The molecule has 0 spiro atoms. The summed E-state index contributed by atoms with van der Waals surface area (Å²) >= 11 is 5.14. The highest BCUT2D eigenvalue weighted by atomic mass is 127. The Bertz CT molecular complexity index is 404. The molecule has 0 heterocycles. The highest BCUT2D eigenvalue weighted by molar-refractivity contribution is 14.1. The minimum Gasteiger partial charge on any atom is -0.496 e. The molecule has 0 aliphatic rings. The van der Waals surface area contributed by atoms with Gasteiger partial charge in [-0.05, 0) is 34.7 Å². The number of methoxy groups -OCH3 is 1. The molecule has 0 aliphatic heterocycles. The van der Waals surface area contributed by atoms with Crippen LogP contribution in [0.15, 0.2) is 12.1 Å². The number of aldehydes is 1. The van der Waals surface area contributed by atoms with Gasteiger partial charge in [-0.15, -0.1) is 0 Å². The van der Waals surface area contributed by atoms with Gasteiger partial charge in [-0.2, -0.15) is 0 Å². The van der Waals surface area contributed by atoms with E-state index in [1.54, 1.807) is 12.1 Å². The number of hydrogen-bond acceptors (Lipinski definition) is 3. The molecule has 0 unspecified atom stereocenters. The third-order valence-corrected chi connectivity index (χ3v) is 3.23. The van der Waals surface area contributed by atoms with Gasteiger partial charge in [0.15, 0.2) is 12.1 Å². The van der Waals surface area contributed by atoms with Gasteiger partial charge in [0.05, 0.1) is 16.0 Å². The average Bonchev–Trinajstić information content (AvgIpc) is 2.27. The highest BCUT2D eigenvalue weighted by Gasteiger charge is 2.13. The summed E-state index contributed by atoms with van der Waals surface area (Å²) in [5, 5.41) is 0.205. The van der Waals surface area contributed by atoms with Crippen molar-refractivity contribution in [3.8, 4) is 5.75 Å². The van der Waals surface area contributed by atoms with Crippen LogP contribution in [0.25, 0.3) is 0 Å². The molecule has 1 aromatic rings. The summed E-state index contributed by atoms with van der Waals surface area (Å²) in [6.07, 6.45) is 0.661. The largest absolute Gasteiger partial charge is 0.496 e. The van der Waals surface area contributed by atoms with E-state index in [1.807, 2.05) is 0 Å². The fourth-order valence-corrected chi connectivity index (χ4v) is 2.13. The summed E-state index contributed by atoms with van der Waals surface area (Å²) < 4.78 is 5.88. The average molecular weight is 383 g/mol. The standard InChI is InChI=1S/C10H8BrIO3/c1-15-10-2-6(5-13)7(3-8(10)12)9(14)4-11/h2-3,5H,4H2,1H3. The molecule has 0 radical (unpaired) electrons. The molecule has 0 atom stereocenters. The normalized spacial score (nSPS) is 9.80. The quantitative estimate of drug-likeness (QED) is 0.348. The first-order chi connectivity index (χ1) is 7.13. The van der Waals surface area contributed by atoms with Crippen molar-refractivity contribution in [2.75, 3.05) is 12.4 Å². The first kappa shape index (κ1) is 12.6. The van der Waals surface area contributed by atoms with E-state index in [2.05, 4.69) is 38.5 Å². The van der Waals surface area contributed by atoms with Gasteiger partial charge in [0.25, 0.3) is 0 Å². The van der Waals surface area contributed by atoms with Crippen molar-refractivity contribution in [3.63, 3.8) is 0 Å². The summed E-state index contributed by atoms with van der Waals surface area (Å²) in [5.41, 5.74) is 0.781. The number of rotatable bonds is 4. The van der Waals surface area contributed by atoms with Gasteiger partial charge < -0.3 is 4.74 Å². The summed E-state index contributed by atoms with van der Waals surface area (Å²) in [6.45, 7) is 0. The minimum absolute atomic E-state index is 0.113. The van der Waals surface area contributed by atoms with Gasteiger partial charge in [-0.1, -0.05) is 15.9 Å². The molecule has 0 fully saturated rings. The van der Waals surface area contributed by atoms with Gasteiger partial charge in [0.2, 0.25) is 0 Å². The van der Waals surface area contributed by atoms with E-state index in [-0.39, 0.29) is 11.1 Å². The van der Waals surface area contributed by atoms with E-state index in [9.17, 15) is 9.59 Å². The number of ketones is 1. The Morgan fingerprint density at radius 3 is 2.73 bits per heavy atom. The van der Waals surface area contributed by atoms with Crippen LogP contribution in [0.3, 0.4) is 0 Å². The molecule has 0 amide bonds. The number of hydrogen-bond donors (Lipinski definition) is 0. The second kappa shape index (κ2) is 5.60. The van der Waals surface area contributed by atoms with Crippen LogP contribution in [0, 0.1) is 3.57 Å². The number of Topliss-reactive ketones (excluding diaryl/α,β-unsaturated/α-hetero) is 1. The predicted molar refractivity (Wildman–Crippen MR) is 69.2 cm³/mol. The lowest BCUT2D eigenvalue weighted by molar-refractivity contribution is 0.101. The Labute approximate surface area is 109 Å². The molecule has 0 aromatic heterocycles. The number of carbonyl (C=O) groups excluding carboxylic acids is 2. The van der Waals surface area contributed by atoms with Crippen LogP contribution in [0.1, 0.15) is 20.7 Å². The fourth-order valence-electron chi connectivity index (χ4n) is 1.14. The zero-order valence-electron chi connectivity index (χ0n) is 7.92. The van der Waals surface area contributed by atoms with Gasteiger partial charge in [-0.3, -0.25) is 9.59 Å². The lowest BCUT2D eigenvalue weighted by atomic mass is 10.1. The maximum atomic E-state index is 11.5. The Balaban J connectivity index is 3.33. The molecule has 0 aliphatic carbocycles. The third kappa shape index (κ3) is 2.78. The molecule has 3 nitrogen and oxygen atoms in total. The molecule has 0 bridgehead atoms. The first-order valence-electron chi connectivity index (χ1n) is 4.06. The Morgan fingerprint density at radius 2 is 2.27 bits per heavy atom. The number of benzene rings is 1. The second-order valence-electron chi connectivity index (χ2n) is 2.75. The van der Waals surface area contributed by atoms with E-state index in [1.165, 1.54) is 7.11 Å². The van der Waals surface area contributed by atoms with Gasteiger partial charge in [0.1, 0.15) is 5.75 Å². The van der Waals surface area contributed by atoms with Crippen molar-refractivity contribution in [2.45, 2.75) is 0 Å². The smallest absolute Gasteiger partial charge is 0.174 e. The van der Waals surface area contributed by atoms with E-state index in [0.717, 1.165) is 3.57 Å². The van der Waals surface area contributed by atoms with E-state index in [4.69, 9.17) is 4.74 Å².